The smallest absolute Gasteiger partial charge is 0.227 e. The van der Waals surface area contributed by atoms with Crippen molar-refractivity contribution in [3.8, 4) is 0 Å². The van der Waals surface area contributed by atoms with Crippen molar-refractivity contribution < 1.29 is 14.7 Å². The normalized spacial score (nSPS) is 10.3. The Labute approximate surface area is 127 Å². The summed E-state index contributed by atoms with van der Waals surface area (Å²) in [6, 6.07) is 9.69. The number of carbonyl (C=O) groups excluding carboxylic acids is 2. The Morgan fingerprint density at radius 2 is 1.81 bits per heavy atom. The third-order valence-corrected chi connectivity index (χ3v) is 3.12. The number of anilines is 1. The minimum atomic E-state index is -0.426. The highest BCUT2D eigenvalue weighted by Gasteiger charge is 2.21. The number of nitrogens with zero attached hydrogens (tertiary/aromatic N) is 1. The Hall–Kier alpha value is -1.68. The Morgan fingerprint density at radius 1 is 1.24 bits per heavy atom. The summed E-state index contributed by atoms with van der Waals surface area (Å²) in [6.45, 7) is 6.49. The maximum atomic E-state index is 12.3. The first-order chi connectivity index (χ1) is 10.00. The second kappa shape index (κ2) is 10.1. The van der Waals surface area contributed by atoms with Gasteiger partial charge in [0.05, 0.1) is 0 Å². The van der Waals surface area contributed by atoms with Crippen molar-refractivity contribution in [1.29, 1.82) is 0 Å². The van der Waals surface area contributed by atoms with E-state index in [-0.39, 0.29) is 5.91 Å². The van der Waals surface area contributed by atoms with Crippen LogP contribution in [0.25, 0.3) is 0 Å². The molecular formula is C17H27NO3. The van der Waals surface area contributed by atoms with Crippen molar-refractivity contribution in [2.75, 3.05) is 18.6 Å². The van der Waals surface area contributed by atoms with Crippen LogP contribution >= 0.6 is 0 Å². The molecule has 0 saturated heterocycles. The molecule has 1 aromatic rings. The van der Waals surface area contributed by atoms with E-state index in [0.717, 1.165) is 25.5 Å². The van der Waals surface area contributed by atoms with Crippen molar-refractivity contribution in [2.45, 2.75) is 40.0 Å². The van der Waals surface area contributed by atoms with Crippen molar-refractivity contribution in [2.24, 2.45) is 5.41 Å². The van der Waals surface area contributed by atoms with Gasteiger partial charge < -0.3 is 14.8 Å². The molecule has 0 radical (unpaired) electrons. The zero-order valence-corrected chi connectivity index (χ0v) is 13.5. The zero-order chi connectivity index (χ0) is 16.3. The minimum Gasteiger partial charge on any atom is -0.400 e. The molecule has 0 unspecified atom stereocenters. The lowest BCUT2D eigenvalue weighted by Gasteiger charge is -2.24. The summed E-state index contributed by atoms with van der Waals surface area (Å²) in [6.07, 6.45) is 2.83. The summed E-state index contributed by atoms with van der Waals surface area (Å²) < 4.78 is 0. The molecule has 4 heteroatoms. The van der Waals surface area contributed by atoms with Gasteiger partial charge in [0.1, 0.15) is 6.29 Å². The van der Waals surface area contributed by atoms with Crippen LogP contribution in [0.1, 0.15) is 40.0 Å². The highest BCUT2D eigenvalue weighted by Crippen LogP contribution is 2.22. The second-order valence-electron chi connectivity index (χ2n) is 5.49. The first-order valence-electron chi connectivity index (χ1n) is 7.26. The van der Waals surface area contributed by atoms with Crippen molar-refractivity contribution in [3.63, 3.8) is 0 Å². The highest BCUT2D eigenvalue weighted by atomic mass is 16.2. The van der Waals surface area contributed by atoms with Crippen LogP contribution < -0.4 is 4.90 Å². The molecule has 4 nitrogen and oxygen atoms in total. The SMILES string of the molecule is CCCN(C(=O)CCC(C)(C)C=O)c1ccccc1.CO. The second-order valence-corrected chi connectivity index (χ2v) is 5.49. The van der Waals surface area contributed by atoms with Crippen LogP contribution in [0.4, 0.5) is 5.69 Å². The van der Waals surface area contributed by atoms with Crippen molar-refractivity contribution in [1.82, 2.24) is 0 Å². The molecule has 1 aromatic carbocycles. The summed E-state index contributed by atoms with van der Waals surface area (Å²) >= 11 is 0. The predicted molar refractivity (Wildman–Crippen MR) is 86.3 cm³/mol. The van der Waals surface area contributed by atoms with Crippen LogP contribution in [0.5, 0.6) is 0 Å². The Balaban J connectivity index is 0.00000191. The average molecular weight is 293 g/mol. The summed E-state index contributed by atoms with van der Waals surface area (Å²) in [5.41, 5.74) is 0.503. The van der Waals surface area contributed by atoms with E-state index < -0.39 is 5.41 Å². The molecule has 1 rings (SSSR count). The molecule has 0 aromatic heterocycles. The fourth-order valence-corrected chi connectivity index (χ4v) is 1.85. The van der Waals surface area contributed by atoms with Crippen LogP contribution in [-0.4, -0.2) is 31.0 Å². The standard InChI is InChI=1S/C16H23NO2.CH4O/c1-4-12-17(14-8-6-5-7-9-14)15(19)10-11-16(2,3)13-18;1-2/h5-9,13H,4,10-12H2,1-3H3;2H,1H3. The van der Waals surface area contributed by atoms with Gasteiger partial charge in [0, 0.05) is 31.2 Å². The van der Waals surface area contributed by atoms with Crippen molar-refractivity contribution >= 4 is 17.9 Å². The number of rotatable bonds is 7. The number of hydrogen-bond donors (Lipinski definition) is 1. The first-order valence-corrected chi connectivity index (χ1v) is 7.26. The number of hydrogen-bond acceptors (Lipinski definition) is 3. The lowest BCUT2D eigenvalue weighted by molar-refractivity contribution is -0.120. The van der Waals surface area contributed by atoms with Crippen LogP contribution in [0.3, 0.4) is 0 Å². The maximum absolute atomic E-state index is 12.3. The molecule has 0 fully saturated rings. The van der Waals surface area contributed by atoms with E-state index in [4.69, 9.17) is 5.11 Å². The van der Waals surface area contributed by atoms with Gasteiger partial charge in [0.25, 0.3) is 0 Å². The van der Waals surface area contributed by atoms with Crippen LogP contribution in [0.15, 0.2) is 30.3 Å². The number of aliphatic hydroxyl groups is 1. The number of carbonyl (C=O) groups is 2. The third-order valence-electron chi connectivity index (χ3n) is 3.12. The number of aliphatic hydroxyl groups excluding tert-OH is 1. The van der Waals surface area contributed by atoms with Crippen LogP contribution in [0.2, 0.25) is 0 Å². The fourth-order valence-electron chi connectivity index (χ4n) is 1.85. The van der Waals surface area contributed by atoms with Crippen molar-refractivity contribution in [3.05, 3.63) is 30.3 Å². The lowest BCUT2D eigenvalue weighted by Crippen LogP contribution is -2.32. The van der Waals surface area contributed by atoms with Crippen LogP contribution in [0, 0.1) is 5.41 Å². The molecule has 0 aliphatic carbocycles. The van der Waals surface area contributed by atoms with E-state index >= 15 is 0 Å². The Bertz CT molecular complexity index is 415. The van der Waals surface area contributed by atoms with Gasteiger partial charge in [-0.25, -0.2) is 0 Å². The van der Waals surface area contributed by atoms with Gasteiger partial charge in [-0.05, 0) is 25.0 Å². The van der Waals surface area contributed by atoms with Gasteiger partial charge in [0.2, 0.25) is 5.91 Å². The zero-order valence-electron chi connectivity index (χ0n) is 13.5. The van der Waals surface area contributed by atoms with Gasteiger partial charge >= 0.3 is 0 Å². The molecule has 1 N–H and O–H groups in total. The van der Waals surface area contributed by atoms with E-state index in [1.807, 2.05) is 44.2 Å². The molecule has 1 amide bonds. The van der Waals surface area contributed by atoms with Gasteiger partial charge in [-0.2, -0.15) is 0 Å². The predicted octanol–water partition coefficient (Wildman–Crippen LogP) is 3.04. The lowest BCUT2D eigenvalue weighted by atomic mass is 9.89. The fraction of sp³-hybridized carbons (Fsp3) is 0.529. The van der Waals surface area contributed by atoms with E-state index in [9.17, 15) is 9.59 Å². The number of aldehydes is 1. The highest BCUT2D eigenvalue weighted by molar-refractivity contribution is 5.93. The topological polar surface area (TPSA) is 57.6 Å². The molecule has 0 atom stereocenters. The molecule has 0 spiro atoms. The molecule has 0 aliphatic heterocycles. The van der Waals surface area contributed by atoms with E-state index in [2.05, 4.69) is 6.92 Å². The van der Waals surface area contributed by atoms with Gasteiger partial charge in [0.15, 0.2) is 0 Å². The number of para-hydroxylation sites is 1. The minimum absolute atomic E-state index is 0.0861. The molecular weight excluding hydrogens is 266 g/mol. The molecule has 0 heterocycles. The van der Waals surface area contributed by atoms with Gasteiger partial charge in [-0.15, -0.1) is 0 Å². The number of benzene rings is 1. The third kappa shape index (κ3) is 7.04. The number of amides is 1. The summed E-state index contributed by atoms with van der Waals surface area (Å²) in [5.74, 6) is 0.0861. The molecule has 0 bridgehead atoms. The monoisotopic (exact) mass is 293 g/mol. The summed E-state index contributed by atoms with van der Waals surface area (Å²) in [4.78, 5) is 25.0. The largest absolute Gasteiger partial charge is 0.400 e. The average Bonchev–Trinajstić information content (AvgIpc) is 2.53. The quantitative estimate of drug-likeness (QED) is 0.786. The molecule has 0 saturated carbocycles. The van der Waals surface area contributed by atoms with E-state index in [0.29, 0.717) is 19.4 Å². The Kier molecular flexibility index (Phi) is 9.30. The molecule has 0 aliphatic rings. The Morgan fingerprint density at radius 3 is 2.29 bits per heavy atom. The van der Waals surface area contributed by atoms with E-state index in [1.165, 1.54) is 0 Å². The van der Waals surface area contributed by atoms with Crippen LogP contribution in [-0.2, 0) is 9.59 Å². The van der Waals surface area contributed by atoms with Gasteiger partial charge in [-0.1, -0.05) is 39.0 Å². The molecule has 118 valence electrons. The first kappa shape index (κ1) is 19.3. The summed E-state index contributed by atoms with van der Waals surface area (Å²) in [5, 5.41) is 7.00. The summed E-state index contributed by atoms with van der Waals surface area (Å²) in [7, 11) is 1.00. The van der Waals surface area contributed by atoms with Gasteiger partial charge in [-0.3, -0.25) is 4.79 Å². The molecule has 21 heavy (non-hydrogen) atoms. The maximum Gasteiger partial charge on any atom is 0.227 e. The van der Waals surface area contributed by atoms with E-state index in [1.54, 1.807) is 4.90 Å².